The molecule has 2 rings (SSSR count). The standard InChI is InChI=1S/C17H13ClF3NO4/c1-26-15(24)16(25,17(19,20)21)11-4-8-13(9-5-11)22-14(23)10-2-6-12(18)7-3-10/h2-9,25H,1H3,(H,22,23)/t16-/m1/s1. The number of anilines is 1. The predicted molar refractivity (Wildman–Crippen MR) is 87.8 cm³/mol. The fraction of sp³-hybridized carbons (Fsp3) is 0.176. The highest BCUT2D eigenvalue weighted by Gasteiger charge is 2.62. The van der Waals surface area contributed by atoms with Crippen LogP contribution in [0.3, 0.4) is 0 Å². The fourth-order valence-corrected chi connectivity index (χ4v) is 2.27. The molecule has 1 atom stereocenters. The Labute approximate surface area is 151 Å². The molecule has 0 fully saturated rings. The molecule has 26 heavy (non-hydrogen) atoms. The number of hydrogen-bond donors (Lipinski definition) is 2. The summed E-state index contributed by atoms with van der Waals surface area (Å²) in [5.74, 6) is -2.36. The van der Waals surface area contributed by atoms with E-state index in [1.54, 1.807) is 0 Å². The molecule has 0 saturated carbocycles. The molecule has 0 aliphatic carbocycles. The molecule has 0 unspecified atom stereocenters. The Kier molecular flexibility index (Phi) is 5.58. The zero-order chi connectivity index (χ0) is 19.5. The van der Waals surface area contributed by atoms with Crippen molar-refractivity contribution in [1.29, 1.82) is 0 Å². The molecule has 0 saturated heterocycles. The summed E-state index contributed by atoms with van der Waals surface area (Å²) in [5, 5.41) is 12.8. The Morgan fingerprint density at radius 3 is 2.04 bits per heavy atom. The highest BCUT2D eigenvalue weighted by atomic mass is 35.5. The van der Waals surface area contributed by atoms with Gasteiger partial charge in [-0.05, 0) is 36.4 Å². The van der Waals surface area contributed by atoms with E-state index in [1.165, 1.54) is 24.3 Å². The van der Waals surface area contributed by atoms with Gasteiger partial charge in [0.1, 0.15) is 0 Å². The number of amides is 1. The first kappa shape index (κ1) is 19.7. The van der Waals surface area contributed by atoms with Crippen LogP contribution in [0.25, 0.3) is 0 Å². The highest BCUT2D eigenvalue weighted by molar-refractivity contribution is 6.30. The number of methoxy groups -OCH3 is 1. The second-order valence-electron chi connectivity index (χ2n) is 5.24. The van der Waals surface area contributed by atoms with Crippen molar-refractivity contribution in [2.24, 2.45) is 0 Å². The van der Waals surface area contributed by atoms with Crippen molar-refractivity contribution < 1.29 is 32.6 Å². The van der Waals surface area contributed by atoms with Gasteiger partial charge >= 0.3 is 12.1 Å². The van der Waals surface area contributed by atoms with Crippen molar-refractivity contribution in [2.75, 3.05) is 12.4 Å². The molecule has 0 aliphatic heterocycles. The minimum absolute atomic E-state index is 0.170. The summed E-state index contributed by atoms with van der Waals surface area (Å²) in [6.45, 7) is 0. The largest absolute Gasteiger partial charge is 0.466 e. The van der Waals surface area contributed by atoms with E-state index in [2.05, 4.69) is 10.1 Å². The van der Waals surface area contributed by atoms with E-state index in [1.807, 2.05) is 0 Å². The Bertz CT molecular complexity index is 806. The molecule has 9 heteroatoms. The zero-order valence-corrected chi connectivity index (χ0v) is 14.1. The molecule has 1 amide bonds. The first-order chi connectivity index (χ1) is 12.1. The van der Waals surface area contributed by atoms with Crippen LogP contribution < -0.4 is 5.32 Å². The Morgan fingerprint density at radius 1 is 1.04 bits per heavy atom. The normalized spacial score (nSPS) is 13.6. The Balaban J connectivity index is 2.25. The van der Waals surface area contributed by atoms with Gasteiger partial charge in [0.2, 0.25) is 0 Å². The molecule has 2 aromatic rings. The van der Waals surface area contributed by atoms with E-state index in [-0.39, 0.29) is 5.69 Å². The molecule has 138 valence electrons. The van der Waals surface area contributed by atoms with Crippen molar-refractivity contribution in [3.8, 4) is 0 Å². The molecule has 2 N–H and O–H groups in total. The number of carbonyl (C=O) groups is 2. The number of rotatable bonds is 4. The number of halogens is 4. The summed E-state index contributed by atoms with van der Waals surface area (Å²) in [7, 11) is 0.736. The van der Waals surface area contributed by atoms with Crippen LogP contribution in [-0.4, -0.2) is 30.3 Å². The van der Waals surface area contributed by atoms with Gasteiger partial charge in [-0.2, -0.15) is 13.2 Å². The van der Waals surface area contributed by atoms with Gasteiger partial charge in [-0.25, -0.2) is 4.79 Å². The smallest absolute Gasteiger partial charge is 0.432 e. The van der Waals surface area contributed by atoms with Crippen molar-refractivity contribution in [3.63, 3.8) is 0 Å². The second-order valence-corrected chi connectivity index (χ2v) is 5.67. The van der Waals surface area contributed by atoms with E-state index in [4.69, 9.17) is 11.6 Å². The summed E-state index contributed by atoms with van der Waals surface area (Å²) >= 11 is 5.73. The van der Waals surface area contributed by atoms with Gasteiger partial charge in [0.25, 0.3) is 11.5 Å². The van der Waals surface area contributed by atoms with E-state index < -0.39 is 29.2 Å². The molecular weight excluding hydrogens is 375 g/mol. The van der Waals surface area contributed by atoms with Crippen molar-refractivity contribution in [1.82, 2.24) is 0 Å². The first-order valence-corrected chi connectivity index (χ1v) is 7.52. The van der Waals surface area contributed by atoms with Crippen molar-refractivity contribution in [2.45, 2.75) is 11.8 Å². The van der Waals surface area contributed by atoms with Gasteiger partial charge in [0.05, 0.1) is 7.11 Å². The number of alkyl halides is 3. The third-order valence-corrected chi connectivity index (χ3v) is 3.81. The molecular formula is C17H13ClF3NO4. The number of aliphatic hydroxyl groups is 1. The van der Waals surface area contributed by atoms with Crippen molar-refractivity contribution in [3.05, 3.63) is 64.7 Å². The average Bonchev–Trinajstić information content (AvgIpc) is 2.60. The van der Waals surface area contributed by atoms with E-state index in [9.17, 15) is 27.9 Å². The summed E-state index contributed by atoms with van der Waals surface area (Å²) in [5.41, 5.74) is -4.08. The summed E-state index contributed by atoms with van der Waals surface area (Å²) < 4.78 is 43.6. The third kappa shape index (κ3) is 3.81. The number of nitrogens with one attached hydrogen (secondary N) is 1. The third-order valence-electron chi connectivity index (χ3n) is 3.56. The maximum Gasteiger partial charge on any atom is 0.432 e. The number of ether oxygens (including phenoxy) is 1. The molecule has 0 aliphatic rings. The molecule has 0 radical (unpaired) electrons. The van der Waals surface area contributed by atoms with Gasteiger partial charge in [-0.3, -0.25) is 4.79 Å². The lowest BCUT2D eigenvalue weighted by Gasteiger charge is -2.28. The van der Waals surface area contributed by atoms with E-state index in [0.29, 0.717) is 10.6 Å². The SMILES string of the molecule is COC(=O)[C@](O)(c1ccc(NC(=O)c2ccc(Cl)cc2)cc1)C(F)(F)F. The molecule has 0 spiro atoms. The molecule has 5 nitrogen and oxygen atoms in total. The van der Waals surface area contributed by atoms with E-state index in [0.717, 1.165) is 31.4 Å². The lowest BCUT2D eigenvalue weighted by atomic mass is 9.93. The summed E-state index contributed by atoms with van der Waals surface area (Å²) in [4.78, 5) is 23.5. The maximum absolute atomic E-state index is 13.2. The fourth-order valence-electron chi connectivity index (χ4n) is 2.14. The number of benzene rings is 2. The topological polar surface area (TPSA) is 75.6 Å². The Morgan fingerprint density at radius 2 is 1.58 bits per heavy atom. The first-order valence-electron chi connectivity index (χ1n) is 7.14. The van der Waals surface area contributed by atoms with Crippen LogP contribution in [0.15, 0.2) is 48.5 Å². The zero-order valence-electron chi connectivity index (χ0n) is 13.3. The van der Waals surface area contributed by atoms with Crippen LogP contribution in [0.5, 0.6) is 0 Å². The molecule has 2 aromatic carbocycles. The van der Waals surface area contributed by atoms with Crippen molar-refractivity contribution >= 4 is 29.2 Å². The quantitative estimate of drug-likeness (QED) is 0.787. The number of hydrogen-bond acceptors (Lipinski definition) is 4. The van der Waals surface area contributed by atoms with E-state index >= 15 is 0 Å². The molecule has 0 heterocycles. The van der Waals surface area contributed by atoms with Crippen LogP contribution in [0.4, 0.5) is 18.9 Å². The predicted octanol–water partition coefficient (Wildman–Crippen LogP) is 3.52. The van der Waals surface area contributed by atoms with Gasteiger partial charge < -0.3 is 15.2 Å². The monoisotopic (exact) mass is 387 g/mol. The lowest BCUT2D eigenvalue weighted by Crippen LogP contribution is -2.49. The van der Waals surface area contributed by atoms with Crippen LogP contribution in [0, 0.1) is 0 Å². The minimum atomic E-state index is -5.28. The van der Waals surface area contributed by atoms with Crippen LogP contribution in [0.1, 0.15) is 15.9 Å². The Hall–Kier alpha value is -2.58. The van der Waals surface area contributed by atoms with Gasteiger partial charge in [-0.15, -0.1) is 0 Å². The summed E-state index contributed by atoms with van der Waals surface area (Å²) in [6.07, 6.45) is -5.28. The molecule has 0 bridgehead atoms. The van der Waals surface area contributed by atoms with Gasteiger partial charge in [0.15, 0.2) is 0 Å². The van der Waals surface area contributed by atoms with Crippen LogP contribution in [0.2, 0.25) is 5.02 Å². The maximum atomic E-state index is 13.2. The van der Waals surface area contributed by atoms with Crippen LogP contribution in [-0.2, 0) is 15.1 Å². The summed E-state index contributed by atoms with van der Waals surface area (Å²) in [6, 6.07) is 9.99. The van der Waals surface area contributed by atoms with Crippen LogP contribution >= 0.6 is 11.6 Å². The molecule has 0 aromatic heterocycles. The average molecular weight is 388 g/mol. The minimum Gasteiger partial charge on any atom is -0.466 e. The number of carbonyl (C=O) groups excluding carboxylic acids is 2. The van der Waals surface area contributed by atoms with Gasteiger partial charge in [-0.1, -0.05) is 23.7 Å². The second kappa shape index (κ2) is 7.35. The lowest BCUT2D eigenvalue weighted by molar-refractivity contribution is -0.266. The van der Waals surface area contributed by atoms with Gasteiger partial charge in [0, 0.05) is 21.8 Å². The number of esters is 1. The highest BCUT2D eigenvalue weighted by Crippen LogP contribution is 2.40.